The van der Waals surface area contributed by atoms with Crippen molar-refractivity contribution in [2.45, 2.75) is 19.3 Å². The minimum Gasteiger partial charge on any atom is -0.396 e. The minimum atomic E-state index is -0.0398. The van der Waals surface area contributed by atoms with Crippen molar-refractivity contribution >= 4 is 17.2 Å². The molecule has 2 rings (SSSR count). The third-order valence-electron chi connectivity index (χ3n) is 3.22. The largest absolute Gasteiger partial charge is 0.396 e. The number of rotatable bonds is 6. The lowest BCUT2D eigenvalue weighted by Gasteiger charge is -2.16. The standard InChI is InChI=1S/C16H19NO2S/c1-12-7-8-15(20-12)16(19)17-11-14(9-10-18)13-5-3-2-4-6-13/h2-8,14,18H,9-11H2,1H3,(H,17,19). The van der Waals surface area contributed by atoms with E-state index in [0.717, 1.165) is 15.3 Å². The molecule has 1 atom stereocenters. The first-order chi connectivity index (χ1) is 9.70. The predicted octanol–water partition coefficient (Wildman–Crippen LogP) is 2.95. The molecule has 0 aliphatic carbocycles. The van der Waals surface area contributed by atoms with Crippen molar-refractivity contribution in [1.29, 1.82) is 0 Å². The van der Waals surface area contributed by atoms with Gasteiger partial charge in [-0.25, -0.2) is 0 Å². The van der Waals surface area contributed by atoms with E-state index in [4.69, 9.17) is 0 Å². The molecule has 0 radical (unpaired) electrons. The monoisotopic (exact) mass is 289 g/mol. The lowest BCUT2D eigenvalue weighted by atomic mass is 9.96. The van der Waals surface area contributed by atoms with Gasteiger partial charge >= 0.3 is 0 Å². The van der Waals surface area contributed by atoms with Crippen LogP contribution in [0.3, 0.4) is 0 Å². The summed E-state index contributed by atoms with van der Waals surface area (Å²) in [6.45, 7) is 2.65. The molecular weight excluding hydrogens is 270 g/mol. The van der Waals surface area contributed by atoms with Crippen LogP contribution in [0.15, 0.2) is 42.5 Å². The Balaban J connectivity index is 1.97. The van der Waals surface area contributed by atoms with Crippen LogP contribution in [0.25, 0.3) is 0 Å². The van der Waals surface area contributed by atoms with Gasteiger partial charge in [0.15, 0.2) is 0 Å². The maximum atomic E-state index is 12.0. The highest BCUT2D eigenvalue weighted by Gasteiger charge is 2.14. The summed E-state index contributed by atoms with van der Waals surface area (Å²) in [7, 11) is 0. The van der Waals surface area contributed by atoms with Gasteiger partial charge in [0.1, 0.15) is 0 Å². The van der Waals surface area contributed by atoms with Crippen molar-refractivity contribution < 1.29 is 9.90 Å². The number of amides is 1. The lowest BCUT2D eigenvalue weighted by Crippen LogP contribution is -2.28. The molecule has 0 saturated heterocycles. The van der Waals surface area contributed by atoms with Crippen LogP contribution in [-0.2, 0) is 0 Å². The van der Waals surface area contributed by atoms with E-state index in [9.17, 15) is 9.90 Å². The van der Waals surface area contributed by atoms with Crippen LogP contribution in [0, 0.1) is 6.92 Å². The van der Waals surface area contributed by atoms with Crippen LogP contribution in [-0.4, -0.2) is 24.2 Å². The second kappa shape index (κ2) is 7.22. The molecule has 0 saturated carbocycles. The van der Waals surface area contributed by atoms with Crippen molar-refractivity contribution in [3.8, 4) is 0 Å². The van der Waals surface area contributed by atoms with Crippen molar-refractivity contribution in [2.24, 2.45) is 0 Å². The average Bonchev–Trinajstić information content (AvgIpc) is 2.91. The van der Waals surface area contributed by atoms with Gasteiger partial charge in [-0.3, -0.25) is 4.79 Å². The Morgan fingerprint density at radius 3 is 2.60 bits per heavy atom. The Bertz CT molecular complexity index is 551. The Morgan fingerprint density at radius 1 is 1.25 bits per heavy atom. The highest BCUT2D eigenvalue weighted by Crippen LogP contribution is 2.19. The Kier molecular flexibility index (Phi) is 5.32. The highest BCUT2D eigenvalue weighted by molar-refractivity contribution is 7.13. The second-order valence-corrected chi connectivity index (χ2v) is 6.03. The molecule has 0 bridgehead atoms. The SMILES string of the molecule is Cc1ccc(C(=O)NCC(CCO)c2ccccc2)s1. The maximum Gasteiger partial charge on any atom is 0.261 e. The molecule has 2 N–H and O–H groups in total. The molecular formula is C16H19NO2S. The summed E-state index contributed by atoms with van der Waals surface area (Å²) >= 11 is 1.50. The number of carbonyl (C=O) groups is 1. The van der Waals surface area contributed by atoms with Crippen molar-refractivity contribution in [2.75, 3.05) is 13.2 Å². The Morgan fingerprint density at radius 2 is 2.00 bits per heavy atom. The van der Waals surface area contributed by atoms with Crippen LogP contribution >= 0.6 is 11.3 Å². The predicted molar refractivity (Wildman–Crippen MR) is 82.3 cm³/mol. The highest BCUT2D eigenvalue weighted by atomic mass is 32.1. The fourth-order valence-corrected chi connectivity index (χ4v) is 2.91. The number of nitrogens with one attached hydrogen (secondary N) is 1. The number of aliphatic hydroxyl groups excluding tert-OH is 1. The van der Waals surface area contributed by atoms with Gasteiger partial charge in [-0.05, 0) is 31.0 Å². The van der Waals surface area contributed by atoms with Gasteiger partial charge in [-0.1, -0.05) is 30.3 Å². The van der Waals surface area contributed by atoms with E-state index < -0.39 is 0 Å². The zero-order chi connectivity index (χ0) is 14.4. The molecule has 0 fully saturated rings. The van der Waals surface area contributed by atoms with Gasteiger partial charge in [0, 0.05) is 23.9 Å². The third-order valence-corrected chi connectivity index (χ3v) is 4.22. The minimum absolute atomic E-state index is 0.0398. The number of benzene rings is 1. The van der Waals surface area contributed by atoms with E-state index in [1.807, 2.05) is 49.4 Å². The molecule has 1 heterocycles. The van der Waals surface area contributed by atoms with Crippen molar-refractivity contribution in [1.82, 2.24) is 5.32 Å². The quantitative estimate of drug-likeness (QED) is 0.859. The molecule has 3 nitrogen and oxygen atoms in total. The van der Waals surface area contributed by atoms with E-state index in [-0.39, 0.29) is 18.4 Å². The number of aliphatic hydroxyl groups is 1. The van der Waals surface area contributed by atoms with E-state index in [1.54, 1.807) is 0 Å². The summed E-state index contributed by atoms with van der Waals surface area (Å²) in [5.74, 6) is 0.105. The molecule has 106 valence electrons. The van der Waals surface area contributed by atoms with E-state index in [0.29, 0.717) is 13.0 Å². The van der Waals surface area contributed by atoms with E-state index >= 15 is 0 Å². The van der Waals surface area contributed by atoms with Gasteiger partial charge in [-0.15, -0.1) is 11.3 Å². The summed E-state index contributed by atoms with van der Waals surface area (Å²) in [5, 5.41) is 12.1. The molecule has 0 spiro atoms. The fourth-order valence-electron chi connectivity index (χ4n) is 2.13. The second-order valence-electron chi connectivity index (χ2n) is 4.74. The average molecular weight is 289 g/mol. The van der Waals surface area contributed by atoms with Crippen LogP contribution in [0.1, 0.15) is 32.5 Å². The molecule has 20 heavy (non-hydrogen) atoms. The molecule has 1 aromatic carbocycles. The molecule has 1 aromatic heterocycles. The van der Waals surface area contributed by atoms with Crippen LogP contribution < -0.4 is 5.32 Å². The zero-order valence-corrected chi connectivity index (χ0v) is 12.3. The smallest absolute Gasteiger partial charge is 0.261 e. The number of hydrogen-bond acceptors (Lipinski definition) is 3. The summed E-state index contributed by atoms with van der Waals surface area (Å²) in [6, 6.07) is 13.8. The van der Waals surface area contributed by atoms with Gasteiger partial charge < -0.3 is 10.4 Å². The molecule has 0 aliphatic rings. The third kappa shape index (κ3) is 3.92. The lowest BCUT2D eigenvalue weighted by molar-refractivity contribution is 0.0953. The summed E-state index contributed by atoms with van der Waals surface area (Å²) < 4.78 is 0. The first kappa shape index (κ1) is 14.8. The van der Waals surface area contributed by atoms with Crippen molar-refractivity contribution in [3.05, 3.63) is 57.8 Å². The summed E-state index contributed by atoms with van der Waals surface area (Å²) in [4.78, 5) is 13.9. The summed E-state index contributed by atoms with van der Waals surface area (Å²) in [5.41, 5.74) is 1.14. The number of carbonyl (C=O) groups excluding carboxylic acids is 1. The topological polar surface area (TPSA) is 49.3 Å². The maximum absolute atomic E-state index is 12.0. The van der Waals surface area contributed by atoms with Crippen LogP contribution in [0.5, 0.6) is 0 Å². The molecule has 1 unspecified atom stereocenters. The van der Waals surface area contributed by atoms with E-state index in [2.05, 4.69) is 5.32 Å². The van der Waals surface area contributed by atoms with Gasteiger partial charge in [0.2, 0.25) is 0 Å². The summed E-state index contributed by atoms with van der Waals surface area (Å²) in [6.07, 6.45) is 0.647. The van der Waals surface area contributed by atoms with Crippen molar-refractivity contribution in [3.63, 3.8) is 0 Å². The normalized spacial score (nSPS) is 12.1. The first-order valence-electron chi connectivity index (χ1n) is 6.71. The first-order valence-corrected chi connectivity index (χ1v) is 7.53. The number of thiophene rings is 1. The molecule has 1 amide bonds. The van der Waals surface area contributed by atoms with Gasteiger partial charge in [0.25, 0.3) is 5.91 Å². The molecule has 2 aromatic rings. The van der Waals surface area contributed by atoms with Crippen LogP contribution in [0.2, 0.25) is 0 Å². The van der Waals surface area contributed by atoms with Crippen LogP contribution in [0.4, 0.5) is 0 Å². The zero-order valence-electron chi connectivity index (χ0n) is 11.5. The number of hydrogen-bond donors (Lipinski definition) is 2. The Hall–Kier alpha value is -1.65. The van der Waals surface area contributed by atoms with E-state index in [1.165, 1.54) is 11.3 Å². The molecule has 4 heteroatoms. The van der Waals surface area contributed by atoms with Gasteiger partial charge in [0.05, 0.1) is 4.88 Å². The Labute approximate surface area is 123 Å². The fraction of sp³-hybridized carbons (Fsp3) is 0.312. The van der Waals surface area contributed by atoms with Gasteiger partial charge in [-0.2, -0.15) is 0 Å². The number of aryl methyl sites for hydroxylation is 1. The molecule has 0 aliphatic heterocycles.